The van der Waals surface area contributed by atoms with Crippen molar-refractivity contribution in [2.45, 2.75) is 58.0 Å². The van der Waals surface area contributed by atoms with Crippen LogP contribution in [0.4, 0.5) is 0 Å². The molecule has 4 aliphatic rings. The molecule has 0 aromatic carbocycles. The van der Waals surface area contributed by atoms with Crippen molar-refractivity contribution in [2.24, 2.45) is 17.8 Å². The molecule has 0 aliphatic heterocycles. The van der Waals surface area contributed by atoms with E-state index < -0.39 is 0 Å². The third-order valence-electron chi connectivity index (χ3n) is 5.05. The summed E-state index contributed by atoms with van der Waals surface area (Å²) in [5.74, 6) is 2.41. The molecule has 4 fully saturated rings. The van der Waals surface area contributed by atoms with Crippen molar-refractivity contribution < 1.29 is 9.53 Å². The topological polar surface area (TPSA) is 26.3 Å². The van der Waals surface area contributed by atoms with Crippen LogP contribution in [0.5, 0.6) is 0 Å². The van der Waals surface area contributed by atoms with Crippen molar-refractivity contribution in [2.75, 3.05) is 0 Å². The van der Waals surface area contributed by atoms with E-state index in [2.05, 4.69) is 0 Å². The van der Waals surface area contributed by atoms with E-state index >= 15 is 0 Å². The van der Waals surface area contributed by atoms with Gasteiger partial charge in [0.15, 0.2) is 0 Å². The summed E-state index contributed by atoms with van der Waals surface area (Å²) in [5, 5.41) is 0. The summed E-state index contributed by atoms with van der Waals surface area (Å²) >= 11 is 0. The Morgan fingerprint density at radius 2 is 1.59 bits per heavy atom. The predicted octanol–water partition coefficient (Wildman–Crippen LogP) is 3.46. The SMILES string of the molecule is CC=C(C)C(=O)OC12CC3CC(CC(C3)C1)C2. The third-order valence-corrected chi connectivity index (χ3v) is 5.05. The average Bonchev–Trinajstić information content (AvgIpc) is 2.25. The Balaban J connectivity index is 1.76. The number of allylic oxidation sites excluding steroid dienone is 1. The van der Waals surface area contributed by atoms with Gasteiger partial charge >= 0.3 is 5.97 Å². The summed E-state index contributed by atoms with van der Waals surface area (Å²) in [6.07, 6.45) is 9.40. The van der Waals surface area contributed by atoms with Gasteiger partial charge in [0.2, 0.25) is 0 Å². The molecule has 4 bridgehead atoms. The molecule has 0 aromatic heterocycles. The van der Waals surface area contributed by atoms with E-state index in [0.717, 1.165) is 42.6 Å². The van der Waals surface area contributed by atoms with Crippen LogP contribution >= 0.6 is 0 Å². The first-order chi connectivity index (χ1) is 8.10. The van der Waals surface area contributed by atoms with Gasteiger partial charge in [-0.15, -0.1) is 0 Å². The first kappa shape index (κ1) is 11.3. The van der Waals surface area contributed by atoms with Crippen LogP contribution in [0.2, 0.25) is 0 Å². The van der Waals surface area contributed by atoms with Gasteiger partial charge in [0, 0.05) is 5.57 Å². The van der Waals surface area contributed by atoms with Gasteiger partial charge in [0.05, 0.1) is 0 Å². The summed E-state index contributed by atoms with van der Waals surface area (Å²) in [6, 6.07) is 0. The number of carbonyl (C=O) groups is 1. The van der Waals surface area contributed by atoms with Gasteiger partial charge in [0.25, 0.3) is 0 Å². The lowest BCUT2D eigenvalue weighted by Gasteiger charge is -2.55. The lowest BCUT2D eigenvalue weighted by molar-refractivity contribution is -0.182. The molecule has 0 atom stereocenters. The van der Waals surface area contributed by atoms with Crippen molar-refractivity contribution in [3.63, 3.8) is 0 Å². The van der Waals surface area contributed by atoms with Gasteiger partial charge in [-0.25, -0.2) is 4.79 Å². The summed E-state index contributed by atoms with van der Waals surface area (Å²) < 4.78 is 5.90. The summed E-state index contributed by atoms with van der Waals surface area (Å²) in [6.45, 7) is 3.75. The Kier molecular flexibility index (Phi) is 2.57. The number of ether oxygens (including phenoxy) is 1. The maximum atomic E-state index is 12.0. The first-order valence-electron chi connectivity index (χ1n) is 6.96. The molecule has 0 radical (unpaired) electrons. The molecule has 94 valence electrons. The number of esters is 1. The second-order valence-corrected chi connectivity index (χ2v) is 6.46. The molecule has 4 saturated carbocycles. The van der Waals surface area contributed by atoms with Gasteiger partial charge in [-0.1, -0.05) is 6.08 Å². The predicted molar refractivity (Wildman–Crippen MR) is 66.4 cm³/mol. The Morgan fingerprint density at radius 1 is 1.12 bits per heavy atom. The molecule has 0 saturated heterocycles. The van der Waals surface area contributed by atoms with E-state index in [-0.39, 0.29) is 11.6 Å². The fourth-order valence-electron chi connectivity index (χ4n) is 4.55. The highest BCUT2D eigenvalue weighted by Crippen LogP contribution is 2.57. The monoisotopic (exact) mass is 234 g/mol. The highest BCUT2D eigenvalue weighted by molar-refractivity contribution is 5.88. The largest absolute Gasteiger partial charge is 0.456 e. The van der Waals surface area contributed by atoms with Crippen LogP contribution in [-0.2, 0) is 9.53 Å². The second kappa shape index (κ2) is 3.86. The standard InChI is InChI=1S/C15H22O2/c1-3-10(2)14(16)17-15-7-11-4-12(8-15)6-13(5-11)9-15/h3,11-13H,4-9H2,1-2H3. The van der Waals surface area contributed by atoms with Crippen LogP contribution < -0.4 is 0 Å². The zero-order valence-corrected chi connectivity index (χ0v) is 10.9. The first-order valence-corrected chi connectivity index (χ1v) is 6.96. The number of hydrogen-bond acceptors (Lipinski definition) is 2. The normalized spacial score (nSPS) is 43.9. The third kappa shape index (κ3) is 1.92. The summed E-state index contributed by atoms with van der Waals surface area (Å²) in [4.78, 5) is 12.0. The highest BCUT2D eigenvalue weighted by Gasteiger charge is 2.53. The molecule has 0 aromatic rings. The van der Waals surface area contributed by atoms with Gasteiger partial charge in [-0.3, -0.25) is 0 Å². The minimum absolute atomic E-state index is 0.0872. The molecule has 0 heterocycles. The van der Waals surface area contributed by atoms with Crippen molar-refractivity contribution >= 4 is 5.97 Å². The Labute approximate surface area is 103 Å². The molecule has 2 nitrogen and oxygen atoms in total. The smallest absolute Gasteiger partial charge is 0.333 e. The second-order valence-electron chi connectivity index (χ2n) is 6.46. The van der Waals surface area contributed by atoms with E-state index in [9.17, 15) is 4.79 Å². The summed E-state index contributed by atoms with van der Waals surface area (Å²) in [5.41, 5.74) is 0.663. The molecule has 17 heavy (non-hydrogen) atoms. The molecule has 4 rings (SSSR count). The van der Waals surface area contributed by atoms with Gasteiger partial charge in [-0.05, 0) is 70.1 Å². The Hall–Kier alpha value is -0.790. The number of carbonyl (C=O) groups excluding carboxylic acids is 1. The Morgan fingerprint density at radius 3 is 2.00 bits per heavy atom. The van der Waals surface area contributed by atoms with Crippen LogP contribution in [0.25, 0.3) is 0 Å². The minimum Gasteiger partial charge on any atom is -0.456 e. The van der Waals surface area contributed by atoms with Gasteiger partial charge in [0.1, 0.15) is 5.60 Å². The molecule has 0 spiro atoms. The molecule has 0 N–H and O–H groups in total. The summed E-state index contributed by atoms with van der Waals surface area (Å²) in [7, 11) is 0. The average molecular weight is 234 g/mol. The maximum absolute atomic E-state index is 12.0. The zero-order valence-electron chi connectivity index (χ0n) is 10.9. The molecule has 0 amide bonds. The maximum Gasteiger partial charge on any atom is 0.333 e. The fourth-order valence-corrected chi connectivity index (χ4v) is 4.55. The van der Waals surface area contributed by atoms with Crippen molar-refractivity contribution in [3.8, 4) is 0 Å². The zero-order chi connectivity index (χ0) is 12.0. The molecular formula is C15H22O2. The lowest BCUT2D eigenvalue weighted by Crippen LogP contribution is -2.52. The van der Waals surface area contributed by atoms with Crippen LogP contribution in [0.3, 0.4) is 0 Å². The molecule has 4 aliphatic carbocycles. The van der Waals surface area contributed by atoms with E-state index in [0.29, 0.717) is 0 Å². The molecule has 0 unspecified atom stereocenters. The van der Waals surface area contributed by atoms with E-state index in [4.69, 9.17) is 4.74 Å². The minimum atomic E-state index is -0.0885. The van der Waals surface area contributed by atoms with Crippen molar-refractivity contribution in [1.29, 1.82) is 0 Å². The van der Waals surface area contributed by atoms with Crippen LogP contribution in [-0.4, -0.2) is 11.6 Å². The van der Waals surface area contributed by atoms with Crippen LogP contribution in [0, 0.1) is 17.8 Å². The highest BCUT2D eigenvalue weighted by atomic mass is 16.6. The van der Waals surface area contributed by atoms with Crippen molar-refractivity contribution in [1.82, 2.24) is 0 Å². The van der Waals surface area contributed by atoms with E-state index in [1.807, 2.05) is 19.9 Å². The number of hydrogen-bond donors (Lipinski definition) is 0. The van der Waals surface area contributed by atoms with Crippen LogP contribution in [0.15, 0.2) is 11.6 Å². The van der Waals surface area contributed by atoms with Crippen LogP contribution in [0.1, 0.15) is 52.4 Å². The lowest BCUT2D eigenvalue weighted by atomic mass is 9.54. The van der Waals surface area contributed by atoms with E-state index in [1.54, 1.807) is 0 Å². The van der Waals surface area contributed by atoms with E-state index in [1.165, 1.54) is 19.3 Å². The quantitative estimate of drug-likeness (QED) is 0.540. The molecule has 2 heteroatoms. The molecular weight excluding hydrogens is 212 g/mol. The van der Waals surface area contributed by atoms with Gasteiger partial charge < -0.3 is 4.74 Å². The Bertz CT molecular complexity index is 332. The van der Waals surface area contributed by atoms with Gasteiger partial charge in [-0.2, -0.15) is 0 Å². The van der Waals surface area contributed by atoms with Crippen molar-refractivity contribution in [3.05, 3.63) is 11.6 Å². The fraction of sp³-hybridized carbons (Fsp3) is 0.800. The number of rotatable bonds is 2.